The molecule has 0 saturated heterocycles. The van der Waals surface area contributed by atoms with E-state index in [-0.39, 0.29) is 5.91 Å². The molecule has 1 atom stereocenters. The smallest absolute Gasteiger partial charge is 0.278 e. The van der Waals surface area contributed by atoms with Gasteiger partial charge < -0.3 is 9.57 Å². The Labute approximate surface area is 105 Å². The summed E-state index contributed by atoms with van der Waals surface area (Å²) in [6.07, 6.45) is -0.251. The van der Waals surface area contributed by atoms with Gasteiger partial charge in [0.1, 0.15) is 5.75 Å². The molecule has 1 aromatic rings. The maximum absolute atomic E-state index is 11.3. The van der Waals surface area contributed by atoms with Crippen molar-refractivity contribution >= 4 is 11.6 Å². The van der Waals surface area contributed by atoms with Gasteiger partial charge in [-0.15, -0.1) is 0 Å². The molecule has 0 radical (unpaired) electrons. The van der Waals surface area contributed by atoms with Crippen molar-refractivity contribution in [2.45, 2.75) is 19.4 Å². The Balaban J connectivity index is 2.09. The van der Waals surface area contributed by atoms with E-state index in [1.807, 2.05) is 36.6 Å². The first-order valence-electron chi connectivity index (χ1n) is 5.71. The predicted octanol–water partition coefficient (Wildman–Crippen LogP) is 0.568. The maximum atomic E-state index is 11.3. The van der Waals surface area contributed by atoms with Gasteiger partial charge in [-0.05, 0) is 19.1 Å². The van der Waals surface area contributed by atoms with E-state index in [0.29, 0.717) is 18.7 Å². The van der Waals surface area contributed by atoms with Crippen LogP contribution >= 0.6 is 0 Å². The lowest BCUT2D eigenvalue weighted by molar-refractivity contribution is -0.131. The van der Waals surface area contributed by atoms with Gasteiger partial charge in [-0.25, -0.2) is 5.84 Å². The molecular formula is C12H15N3O3. The number of carbonyl (C=O) groups excluding carboxylic acids is 1. The van der Waals surface area contributed by atoms with E-state index in [2.05, 4.69) is 5.16 Å². The summed E-state index contributed by atoms with van der Waals surface area (Å²) in [5.41, 5.74) is 3.64. The van der Waals surface area contributed by atoms with Crippen LogP contribution in [0, 0.1) is 0 Å². The van der Waals surface area contributed by atoms with Crippen molar-refractivity contribution in [1.29, 1.82) is 0 Å². The van der Waals surface area contributed by atoms with Crippen LogP contribution in [0.3, 0.4) is 0 Å². The number of nitrogens with zero attached hydrogens (tertiary/aromatic N) is 1. The van der Waals surface area contributed by atoms with Crippen molar-refractivity contribution in [2.75, 3.05) is 6.61 Å². The van der Waals surface area contributed by atoms with Gasteiger partial charge >= 0.3 is 0 Å². The Hall–Kier alpha value is -2.08. The van der Waals surface area contributed by atoms with Crippen LogP contribution < -0.4 is 16.0 Å². The quantitative estimate of drug-likeness (QED) is 0.464. The van der Waals surface area contributed by atoms with Crippen LogP contribution in [-0.2, 0) is 9.63 Å². The molecule has 0 saturated carbocycles. The first-order valence-corrected chi connectivity index (χ1v) is 5.71. The zero-order chi connectivity index (χ0) is 13.0. The van der Waals surface area contributed by atoms with Crippen molar-refractivity contribution in [3.05, 3.63) is 29.8 Å². The summed E-state index contributed by atoms with van der Waals surface area (Å²) < 4.78 is 5.41. The fourth-order valence-corrected chi connectivity index (χ4v) is 1.71. The van der Waals surface area contributed by atoms with Crippen LogP contribution in [0.4, 0.5) is 0 Å². The lowest BCUT2D eigenvalue weighted by Crippen LogP contribution is -2.39. The third-order valence-corrected chi connectivity index (χ3v) is 2.58. The second-order valence-electron chi connectivity index (χ2n) is 3.81. The largest absolute Gasteiger partial charge is 0.494 e. The Morgan fingerprint density at radius 3 is 3.22 bits per heavy atom. The number of oxime groups is 1. The second-order valence-corrected chi connectivity index (χ2v) is 3.81. The first-order chi connectivity index (χ1) is 8.74. The van der Waals surface area contributed by atoms with Gasteiger partial charge in [0.05, 0.1) is 12.3 Å². The number of benzene rings is 1. The SMILES string of the molecule is CCOc1cccc(C2=NOC(C(=O)NN)C2)c1. The fraction of sp³-hybridized carbons (Fsp3) is 0.333. The molecule has 96 valence electrons. The number of hydrazine groups is 1. The molecule has 1 aromatic carbocycles. The molecule has 0 aromatic heterocycles. The van der Waals surface area contributed by atoms with Gasteiger partial charge in [0.15, 0.2) is 0 Å². The van der Waals surface area contributed by atoms with Crippen molar-refractivity contribution in [3.8, 4) is 5.75 Å². The van der Waals surface area contributed by atoms with Crippen molar-refractivity contribution < 1.29 is 14.4 Å². The molecule has 0 fully saturated rings. The van der Waals surface area contributed by atoms with E-state index in [4.69, 9.17) is 15.4 Å². The Kier molecular flexibility index (Phi) is 3.78. The number of hydrogen-bond acceptors (Lipinski definition) is 5. The number of nitrogens with two attached hydrogens (primary N) is 1. The van der Waals surface area contributed by atoms with Gasteiger partial charge in [0, 0.05) is 12.0 Å². The molecule has 1 aliphatic heterocycles. The maximum Gasteiger partial charge on any atom is 0.278 e. The van der Waals surface area contributed by atoms with Gasteiger partial charge in [0.25, 0.3) is 5.91 Å². The average Bonchev–Trinajstić information content (AvgIpc) is 2.88. The Morgan fingerprint density at radius 1 is 1.67 bits per heavy atom. The third kappa shape index (κ3) is 2.60. The highest BCUT2D eigenvalue weighted by molar-refractivity contribution is 6.04. The highest BCUT2D eigenvalue weighted by Crippen LogP contribution is 2.20. The zero-order valence-corrected chi connectivity index (χ0v) is 10.1. The molecule has 6 nitrogen and oxygen atoms in total. The van der Waals surface area contributed by atoms with Gasteiger partial charge in [-0.1, -0.05) is 17.3 Å². The van der Waals surface area contributed by atoms with Crippen LogP contribution in [0.2, 0.25) is 0 Å². The summed E-state index contributed by atoms with van der Waals surface area (Å²) in [5.74, 6) is 5.44. The van der Waals surface area contributed by atoms with E-state index in [9.17, 15) is 4.79 Å². The van der Waals surface area contributed by atoms with E-state index in [0.717, 1.165) is 11.3 Å². The summed E-state index contributed by atoms with van der Waals surface area (Å²) in [6, 6.07) is 7.51. The second kappa shape index (κ2) is 5.50. The van der Waals surface area contributed by atoms with Crippen LogP contribution in [-0.4, -0.2) is 24.3 Å². The van der Waals surface area contributed by atoms with Crippen molar-refractivity contribution in [2.24, 2.45) is 11.0 Å². The summed E-state index contributed by atoms with van der Waals surface area (Å²) in [6.45, 7) is 2.52. The molecule has 1 aliphatic rings. The topological polar surface area (TPSA) is 85.9 Å². The first kappa shape index (κ1) is 12.4. The molecule has 1 heterocycles. The zero-order valence-electron chi connectivity index (χ0n) is 10.1. The molecule has 6 heteroatoms. The van der Waals surface area contributed by atoms with Crippen molar-refractivity contribution in [3.63, 3.8) is 0 Å². The normalized spacial score (nSPS) is 17.9. The molecule has 0 bridgehead atoms. The van der Waals surface area contributed by atoms with Gasteiger partial charge in [0.2, 0.25) is 6.10 Å². The van der Waals surface area contributed by atoms with E-state index < -0.39 is 6.10 Å². The van der Waals surface area contributed by atoms with E-state index in [1.54, 1.807) is 0 Å². The molecule has 2 rings (SSSR count). The Bertz CT molecular complexity index is 473. The van der Waals surface area contributed by atoms with Crippen LogP contribution in [0.1, 0.15) is 18.9 Å². The summed E-state index contributed by atoms with van der Waals surface area (Å²) in [5, 5.41) is 3.90. The molecule has 3 N–H and O–H groups in total. The van der Waals surface area contributed by atoms with Gasteiger partial charge in [-0.3, -0.25) is 10.2 Å². The standard InChI is InChI=1S/C12H15N3O3/c1-2-17-9-5-3-4-8(6-9)10-7-11(18-15-10)12(16)14-13/h3-6,11H,2,7,13H2,1H3,(H,14,16). The number of nitrogens with one attached hydrogen (secondary N) is 1. The highest BCUT2D eigenvalue weighted by Gasteiger charge is 2.28. The van der Waals surface area contributed by atoms with E-state index >= 15 is 0 Å². The summed E-state index contributed by atoms with van der Waals surface area (Å²) in [7, 11) is 0. The molecular weight excluding hydrogens is 234 g/mol. The van der Waals surface area contributed by atoms with Gasteiger partial charge in [-0.2, -0.15) is 0 Å². The minimum absolute atomic E-state index is 0.380. The summed E-state index contributed by atoms with van der Waals surface area (Å²) >= 11 is 0. The lowest BCUT2D eigenvalue weighted by Gasteiger charge is -2.06. The lowest BCUT2D eigenvalue weighted by atomic mass is 10.0. The number of rotatable bonds is 4. The predicted molar refractivity (Wildman–Crippen MR) is 66.0 cm³/mol. The molecule has 0 aliphatic carbocycles. The fourth-order valence-electron chi connectivity index (χ4n) is 1.71. The molecule has 1 amide bonds. The number of hydrogen-bond donors (Lipinski definition) is 2. The molecule has 1 unspecified atom stereocenters. The third-order valence-electron chi connectivity index (χ3n) is 2.58. The monoisotopic (exact) mass is 249 g/mol. The molecule has 0 spiro atoms. The highest BCUT2D eigenvalue weighted by atomic mass is 16.6. The molecule has 18 heavy (non-hydrogen) atoms. The van der Waals surface area contributed by atoms with E-state index in [1.165, 1.54) is 0 Å². The van der Waals surface area contributed by atoms with Crippen LogP contribution in [0.25, 0.3) is 0 Å². The minimum Gasteiger partial charge on any atom is -0.494 e. The number of amides is 1. The van der Waals surface area contributed by atoms with Crippen LogP contribution in [0.5, 0.6) is 5.75 Å². The Morgan fingerprint density at radius 2 is 2.50 bits per heavy atom. The summed E-state index contributed by atoms with van der Waals surface area (Å²) in [4.78, 5) is 16.3. The average molecular weight is 249 g/mol. The minimum atomic E-state index is -0.652. The number of ether oxygens (including phenoxy) is 1. The van der Waals surface area contributed by atoms with Crippen molar-refractivity contribution in [1.82, 2.24) is 5.43 Å². The number of carbonyl (C=O) groups is 1. The van der Waals surface area contributed by atoms with Crippen LogP contribution in [0.15, 0.2) is 29.4 Å².